The quantitative estimate of drug-likeness (QED) is 0.267. The Bertz CT molecular complexity index is 1570. The van der Waals surface area contributed by atoms with Crippen LogP contribution in [0.2, 0.25) is 0 Å². The number of benzene rings is 1. The summed E-state index contributed by atoms with van der Waals surface area (Å²) in [5.74, 6) is -1.38. The summed E-state index contributed by atoms with van der Waals surface area (Å²) in [6, 6.07) is 5.28. The van der Waals surface area contributed by atoms with Gasteiger partial charge in [-0.15, -0.1) is 0 Å². The van der Waals surface area contributed by atoms with Crippen LogP contribution in [-0.2, 0) is 32.5 Å². The highest BCUT2D eigenvalue weighted by atomic mass is 31.2. The molecule has 13 nitrogen and oxygen atoms in total. The Balaban J connectivity index is 1.38. The minimum Gasteiger partial charge on any atom is -0.496 e. The van der Waals surface area contributed by atoms with Crippen LogP contribution in [0, 0.1) is 17.8 Å². The molecule has 1 aromatic carbocycles. The lowest BCUT2D eigenvalue weighted by molar-refractivity contribution is -0.133. The van der Waals surface area contributed by atoms with E-state index in [4.69, 9.17) is 18.3 Å². The van der Waals surface area contributed by atoms with E-state index in [1.807, 2.05) is 18.2 Å². The number of carbonyl (C=O) groups excluding carboxylic acids is 4. The molecule has 14 heteroatoms. The van der Waals surface area contributed by atoms with Gasteiger partial charge in [-0.2, -0.15) is 0 Å². The molecule has 3 amide bonds. The summed E-state index contributed by atoms with van der Waals surface area (Å²) in [6.45, 7) is 10.3. The Hall–Kier alpha value is -3.25. The summed E-state index contributed by atoms with van der Waals surface area (Å²) < 4.78 is 36.0. The molecule has 5 atom stereocenters. The minimum atomic E-state index is -4.23. The number of aromatic nitrogens is 1. The monoisotopic (exact) mass is 688 g/mol. The normalized spacial score (nSPS) is 23.6. The smallest absolute Gasteiger partial charge is 0.476 e. The predicted molar refractivity (Wildman–Crippen MR) is 178 cm³/mol. The van der Waals surface area contributed by atoms with Crippen molar-refractivity contribution < 1.29 is 42.1 Å². The number of ether oxygens (including phenoxy) is 1. The van der Waals surface area contributed by atoms with Crippen LogP contribution in [0.15, 0.2) is 24.3 Å². The molecule has 0 radical (unpaired) electrons. The van der Waals surface area contributed by atoms with Crippen molar-refractivity contribution in [3.05, 3.63) is 30.0 Å². The lowest BCUT2D eigenvalue weighted by Crippen LogP contribution is -2.53. The molecular formula is C34H49N4O9P. The van der Waals surface area contributed by atoms with Crippen molar-refractivity contribution in [1.29, 1.82) is 0 Å². The molecule has 5 rings (SSSR count). The summed E-state index contributed by atoms with van der Waals surface area (Å²) in [6.07, 6.45) is 3.15. The van der Waals surface area contributed by atoms with Gasteiger partial charge in [-0.25, -0.2) is 4.57 Å². The molecule has 264 valence electrons. The third-order valence-electron chi connectivity index (χ3n) is 9.02. The van der Waals surface area contributed by atoms with Gasteiger partial charge in [0.25, 0.3) is 5.91 Å². The number of phosphoric acid groups is 1. The first-order chi connectivity index (χ1) is 22.5. The highest BCUT2D eigenvalue weighted by Gasteiger charge is 2.50. The van der Waals surface area contributed by atoms with Crippen molar-refractivity contribution >= 4 is 42.2 Å². The minimum absolute atomic E-state index is 0.0287. The van der Waals surface area contributed by atoms with Gasteiger partial charge in [0.1, 0.15) is 24.1 Å². The van der Waals surface area contributed by atoms with Gasteiger partial charge < -0.3 is 25.3 Å². The molecule has 0 spiro atoms. The zero-order valence-corrected chi connectivity index (χ0v) is 29.8. The maximum atomic E-state index is 14.2. The van der Waals surface area contributed by atoms with Crippen LogP contribution >= 0.6 is 7.82 Å². The van der Waals surface area contributed by atoms with Crippen molar-refractivity contribution in [2.45, 2.75) is 96.9 Å². The number of carbonyl (C=O) groups is 4. The van der Waals surface area contributed by atoms with Gasteiger partial charge in [0, 0.05) is 29.9 Å². The molecule has 2 aromatic rings. The fourth-order valence-corrected chi connectivity index (χ4v) is 8.86. The van der Waals surface area contributed by atoms with Gasteiger partial charge >= 0.3 is 7.82 Å². The molecule has 1 aliphatic carbocycles. The van der Waals surface area contributed by atoms with E-state index < -0.39 is 55.3 Å². The Morgan fingerprint density at radius 2 is 1.77 bits per heavy atom. The van der Waals surface area contributed by atoms with Crippen LogP contribution in [-0.4, -0.2) is 83.5 Å². The summed E-state index contributed by atoms with van der Waals surface area (Å²) in [4.78, 5) is 59.4. The van der Waals surface area contributed by atoms with Gasteiger partial charge in [0.15, 0.2) is 5.78 Å². The molecule has 2 saturated heterocycles. The fourth-order valence-electron chi connectivity index (χ4n) is 7.09. The number of ketones is 1. The van der Waals surface area contributed by atoms with Gasteiger partial charge in [-0.1, -0.05) is 12.5 Å². The highest BCUT2D eigenvalue weighted by molar-refractivity contribution is 7.48. The molecule has 3 aliphatic rings. The zero-order chi connectivity index (χ0) is 35.0. The maximum absolute atomic E-state index is 14.2. The average molecular weight is 689 g/mol. The lowest BCUT2D eigenvalue weighted by atomic mass is 9.92. The summed E-state index contributed by atoms with van der Waals surface area (Å²) in [5, 5.41) is 6.42. The first-order valence-electron chi connectivity index (χ1n) is 16.7. The first-order valence-corrected chi connectivity index (χ1v) is 18.2. The van der Waals surface area contributed by atoms with Gasteiger partial charge in [0.05, 0.1) is 24.4 Å². The third kappa shape index (κ3) is 8.30. The number of methoxy groups -OCH3 is 1. The molecular weight excluding hydrogens is 639 g/mol. The second-order valence-corrected chi connectivity index (χ2v) is 16.5. The van der Waals surface area contributed by atoms with Crippen molar-refractivity contribution in [3.63, 3.8) is 0 Å². The molecule has 0 bridgehead atoms. The van der Waals surface area contributed by atoms with Gasteiger partial charge in [-0.05, 0) is 97.3 Å². The molecule has 3 fully saturated rings. The second-order valence-electron chi connectivity index (χ2n) is 15.0. The van der Waals surface area contributed by atoms with Crippen molar-refractivity contribution in [2.24, 2.45) is 17.8 Å². The standard InChI is InChI=1S/C34H49N4O9P/c1-33(2,3)46-48(43,47-34(4,5)6)45-19-27(39)25(16-20-14-15-35-30(20)40)37-31(41)29-22-11-8-10-21(22)18-38(29)32(42)26-17-23-24(36-26)12-9-13-28(23)44-7/h9,12-13,17,20-22,25,29,36H,8,10-11,14-16,18-19H2,1-7H3,(H,35,40)(H,37,41)/t20-,21-,22-,25-,29-/m0/s1. The van der Waals surface area contributed by atoms with Crippen LogP contribution in [0.1, 0.15) is 84.1 Å². The van der Waals surface area contributed by atoms with Crippen LogP contribution in [0.5, 0.6) is 5.75 Å². The average Bonchev–Trinajstić information content (AvgIpc) is 3.77. The number of hydrogen-bond acceptors (Lipinski definition) is 9. The first kappa shape index (κ1) is 36.0. The Kier molecular flexibility index (Phi) is 10.5. The number of fused-ring (bicyclic) bond motifs is 2. The van der Waals surface area contributed by atoms with Crippen LogP contribution in [0.4, 0.5) is 0 Å². The third-order valence-corrected chi connectivity index (χ3v) is 11.0. The number of Topliss-reactive ketones (excluding diaryl/α,β-unsaturated/α-hetero) is 1. The van der Waals surface area contributed by atoms with E-state index in [9.17, 15) is 23.7 Å². The SMILES string of the molecule is COc1cccc2[nH]c(C(=O)N3C[C@@H]4CCC[C@@H]4[C@H]3C(=O)N[C@@H](C[C@@H]3CCNC3=O)C(=O)COP(=O)(OC(C)(C)C)OC(C)(C)C)cc12. The van der Waals surface area contributed by atoms with E-state index in [2.05, 4.69) is 15.6 Å². The topological polar surface area (TPSA) is 165 Å². The van der Waals surface area contributed by atoms with Gasteiger partial charge in [0.2, 0.25) is 11.8 Å². The summed E-state index contributed by atoms with van der Waals surface area (Å²) >= 11 is 0. The highest BCUT2D eigenvalue weighted by Crippen LogP contribution is 2.55. The summed E-state index contributed by atoms with van der Waals surface area (Å²) in [7, 11) is -2.66. The van der Waals surface area contributed by atoms with E-state index >= 15 is 0 Å². The number of likely N-dealkylation sites (tertiary alicyclic amines) is 1. The molecule has 3 heterocycles. The number of nitrogens with one attached hydrogen (secondary N) is 3. The fraction of sp³-hybridized carbons (Fsp3) is 0.647. The lowest BCUT2D eigenvalue weighted by Gasteiger charge is -2.31. The second kappa shape index (κ2) is 13.9. The van der Waals surface area contributed by atoms with E-state index in [1.165, 1.54) is 0 Å². The molecule has 1 aromatic heterocycles. The van der Waals surface area contributed by atoms with Crippen molar-refractivity contribution in [1.82, 2.24) is 20.5 Å². The number of nitrogens with zero attached hydrogens (tertiary/aromatic N) is 1. The zero-order valence-electron chi connectivity index (χ0n) is 28.9. The van der Waals surface area contributed by atoms with Crippen LogP contribution in [0.25, 0.3) is 10.9 Å². The Labute approximate surface area is 281 Å². The van der Waals surface area contributed by atoms with E-state index in [0.29, 0.717) is 31.0 Å². The predicted octanol–water partition coefficient (Wildman–Crippen LogP) is 4.75. The Morgan fingerprint density at radius 1 is 1.06 bits per heavy atom. The molecule has 3 N–H and O–H groups in total. The number of hydrogen-bond donors (Lipinski definition) is 3. The van der Waals surface area contributed by atoms with E-state index in [-0.39, 0.29) is 30.1 Å². The number of aromatic amines is 1. The number of phosphoric ester groups is 1. The number of H-pyrrole nitrogens is 1. The van der Waals surface area contributed by atoms with Crippen molar-refractivity contribution in [3.8, 4) is 5.75 Å². The molecule has 1 saturated carbocycles. The number of rotatable bonds is 12. The summed E-state index contributed by atoms with van der Waals surface area (Å²) in [5.41, 5.74) is -0.747. The van der Waals surface area contributed by atoms with Crippen LogP contribution in [0.3, 0.4) is 0 Å². The molecule has 0 unspecified atom stereocenters. The van der Waals surface area contributed by atoms with E-state index in [0.717, 1.165) is 30.2 Å². The van der Waals surface area contributed by atoms with Crippen LogP contribution < -0.4 is 15.4 Å². The molecule has 48 heavy (non-hydrogen) atoms. The van der Waals surface area contributed by atoms with Crippen molar-refractivity contribution in [2.75, 3.05) is 26.8 Å². The maximum Gasteiger partial charge on any atom is 0.476 e. The van der Waals surface area contributed by atoms with E-state index in [1.54, 1.807) is 59.6 Å². The Morgan fingerprint density at radius 3 is 2.40 bits per heavy atom. The molecule has 2 aliphatic heterocycles. The van der Waals surface area contributed by atoms with Gasteiger partial charge in [-0.3, -0.25) is 32.7 Å². The largest absolute Gasteiger partial charge is 0.496 e. The number of amides is 3.